The molecule has 10 nitrogen and oxygen atoms in total. The van der Waals surface area contributed by atoms with Crippen molar-refractivity contribution in [3.8, 4) is 22.4 Å². The maximum atomic E-state index is 13.3. The molecule has 168 valence electrons. The minimum Gasteiger partial charge on any atom is -0.448 e. The van der Waals surface area contributed by atoms with Gasteiger partial charge in [-0.1, -0.05) is 41.9 Å². The summed E-state index contributed by atoms with van der Waals surface area (Å²) in [4.78, 5) is 22.1. The predicted molar refractivity (Wildman–Crippen MR) is 128 cm³/mol. The largest absolute Gasteiger partial charge is 0.448 e. The molecule has 11 heteroatoms. The van der Waals surface area contributed by atoms with Gasteiger partial charge < -0.3 is 10.2 Å². The zero-order valence-electron chi connectivity index (χ0n) is 17.9. The van der Waals surface area contributed by atoms with Crippen LogP contribution in [0.2, 0.25) is 5.02 Å². The Bertz CT molecular complexity index is 1750. The van der Waals surface area contributed by atoms with Gasteiger partial charge in [0, 0.05) is 10.9 Å². The van der Waals surface area contributed by atoms with Crippen molar-refractivity contribution in [1.82, 2.24) is 34.3 Å². The van der Waals surface area contributed by atoms with Crippen LogP contribution in [-0.4, -0.2) is 34.3 Å². The van der Waals surface area contributed by atoms with E-state index in [-0.39, 0.29) is 12.5 Å². The smallest absolute Gasteiger partial charge is 0.353 e. The summed E-state index contributed by atoms with van der Waals surface area (Å²) in [5, 5.41) is 12.9. The van der Waals surface area contributed by atoms with E-state index in [9.17, 15) is 4.79 Å². The number of rotatable bonds is 4. The van der Waals surface area contributed by atoms with Crippen molar-refractivity contribution in [1.29, 1.82) is 0 Å². The quantitative estimate of drug-likeness (QED) is 0.399. The topological polar surface area (TPSA) is 133 Å². The van der Waals surface area contributed by atoms with Crippen molar-refractivity contribution in [3.63, 3.8) is 0 Å². The maximum Gasteiger partial charge on any atom is 0.353 e. The number of aromatic amines is 1. The van der Waals surface area contributed by atoms with Gasteiger partial charge in [-0.05, 0) is 24.6 Å². The summed E-state index contributed by atoms with van der Waals surface area (Å²) in [5.41, 5.74) is 10.3. The van der Waals surface area contributed by atoms with Crippen molar-refractivity contribution < 1.29 is 4.42 Å². The van der Waals surface area contributed by atoms with Gasteiger partial charge >= 0.3 is 5.69 Å². The Labute approximate surface area is 196 Å². The van der Waals surface area contributed by atoms with Crippen LogP contribution < -0.4 is 11.4 Å². The summed E-state index contributed by atoms with van der Waals surface area (Å²) < 4.78 is 7.87. The summed E-state index contributed by atoms with van der Waals surface area (Å²) >= 11 is 6.55. The van der Waals surface area contributed by atoms with Crippen LogP contribution in [0.15, 0.2) is 64.3 Å². The van der Waals surface area contributed by atoms with E-state index in [1.807, 2.05) is 36.4 Å². The second-order valence-corrected chi connectivity index (χ2v) is 8.21. The number of hydrogen-bond acceptors (Lipinski definition) is 7. The molecule has 6 aromatic rings. The molecule has 0 amide bonds. The number of nitrogens with zero attached hydrogens (tertiary/aromatic N) is 6. The van der Waals surface area contributed by atoms with E-state index < -0.39 is 5.69 Å². The molecule has 0 saturated heterocycles. The highest BCUT2D eigenvalue weighted by atomic mass is 35.5. The first-order chi connectivity index (χ1) is 16.5. The number of H-pyrrole nitrogens is 1. The van der Waals surface area contributed by atoms with E-state index >= 15 is 0 Å². The van der Waals surface area contributed by atoms with E-state index in [1.165, 1.54) is 15.5 Å². The summed E-state index contributed by atoms with van der Waals surface area (Å²) in [6.45, 7) is 1.91. The number of anilines is 1. The van der Waals surface area contributed by atoms with Gasteiger partial charge in [0.15, 0.2) is 12.0 Å². The molecule has 0 saturated carbocycles. The highest BCUT2D eigenvalue weighted by molar-refractivity contribution is 6.35. The van der Waals surface area contributed by atoms with E-state index in [1.54, 1.807) is 19.2 Å². The molecule has 0 aliphatic rings. The van der Waals surface area contributed by atoms with Crippen molar-refractivity contribution in [2.75, 3.05) is 5.73 Å². The summed E-state index contributed by atoms with van der Waals surface area (Å²) in [6.07, 6.45) is 3.02. The number of oxazole rings is 1. The average Bonchev–Trinajstić information content (AvgIpc) is 3.55. The molecule has 0 aliphatic carbocycles. The molecule has 4 heterocycles. The van der Waals surface area contributed by atoms with Gasteiger partial charge in [-0.2, -0.15) is 5.10 Å². The third-order valence-electron chi connectivity index (χ3n) is 5.74. The molecule has 0 unspecified atom stereocenters. The summed E-state index contributed by atoms with van der Waals surface area (Å²) in [5.74, 6) is 0.638. The zero-order valence-corrected chi connectivity index (χ0v) is 18.6. The molecule has 0 radical (unpaired) electrons. The number of aryl methyl sites for hydroxylation is 1. The normalized spacial score (nSPS) is 11.6. The molecular weight excluding hydrogens is 456 g/mol. The molecule has 0 fully saturated rings. The van der Waals surface area contributed by atoms with Crippen LogP contribution in [0.3, 0.4) is 0 Å². The van der Waals surface area contributed by atoms with Crippen LogP contribution in [0.25, 0.3) is 38.9 Å². The van der Waals surface area contributed by atoms with E-state index in [4.69, 9.17) is 21.8 Å². The van der Waals surface area contributed by atoms with Gasteiger partial charge in [0.05, 0.1) is 34.5 Å². The van der Waals surface area contributed by atoms with Crippen LogP contribution in [0.4, 0.5) is 5.95 Å². The van der Waals surface area contributed by atoms with Crippen LogP contribution in [0, 0.1) is 6.92 Å². The van der Waals surface area contributed by atoms with Crippen molar-refractivity contribution >= 4 is 34.1 Å². The van der Waals surface area contributed by atoms with Gasteiger partial charge in [0.1, 0.15) is 11.5 Å². The number of halogens is 1. The molecule has 0 bridgehead atoms. The minimum absolute atomic E-state index is 0.0289. The first-order valence-electron chi connectivity index (χ1n) is 10.4. The highest BCUT2D eigenvalue weighted by Gasteiger charge is 2.23. The van der Waals surface area contributed by atoms with E-state index in [0.717, 1.165) is 22.0 Å². The minimum atomic E-state index is -0.432. The number of fused-ring (bicyclic) bond motifs is 2. The third kappa shape index (κ3) is 3.07. The summed E-state index contributed by atoms with van der Waals surface area (Å²) in [7, 11) is 0. The van der Waals surface area contributed by atoms with Gasteiger partial charge in [0.25, 0.3) is 0 Å². The molecule has 3 N–H and O–H groups in total. The highest BCUT2D eigenvalue weighted by Crippen LogP contribution is 2.37. The van der Waals surface area contributed by atoms with Crippen molar-refractivity contribution in [2.24, 2.45) is 0 Å². The van der Waals surface area contributed by atoms with Gasteiger partial charge in [-0.25, -0.2) is 23.8 Å². The number of nitrogens with one attached hydrogen (secondary N) is 1. The molecule has 6 rings (SSSR count). The fraction of sp³-hybridized carbons (Fsp3) is 0.0870. The Hall–Kier alpha value is -4.44. The molecule has 0 spiro atoms. The fourth-order valence-electron chi connectivity index (χ4n) is 4.06. The Kier molecular flexibility index (Phi) is 4.49. The van der Waals surface area contributed by atoms with Gasteiger partial charge in [-0.3, -0.25) is 5.10 Å². The van der Waals surface area contributed by atoms with Crippen molar-refractivity contribution in [3.05, 3.63) is 82.0 Å². The Balaban J connectivity index is 1.69. The lowest BCUT2D eigenvalue weighted by atomic mass is 9.99. The summed E-state index contributed by atoms with van der Waals surface area (Å²) in [6, 6.07) is 13.3. The molecule has 0 atom stereocenters. The lowest BCUT2D eigenvalue weighted by Gasteiger charge is -2.12. The molecular formula is C23H17ClN8O2. The zero-order chi connectivity index (χ0) is 23.4. The first-order valence-corrected chi connectivity index (χ1v) is 10.8. The number of nitrogens with two attached hydrogens (primary N) is 1. The number of nitrogen functional groups attached to an aromatic ring is 1. The number of hydrogen-bond donors (Lipinski definition) is 2. The van der Waals surface area contributed by atoms with Crippen LogP contribution in [0.1, 0.15) is 11.5 Å². The Morgan fingerprint density at radius 3 is 2.76 bits per heavy atom. The third-order valence-corrected chi connectivity index (χ3v) is 6.03. The molecule has 2 aromatic carbocycles. The number of aromatic nitrogens is 7. The Morgan fingerprint density at radius 1 is 1.18 bits per heavy atom. The molecule has 4 aromatic heterocycles. The van der Waals surface area contributed by atoms with Crippen LogP contribution in [-0.2, 0) is 6.54 Å². The molecule has 0 aliphatic heterocycles. The van der Waals surface area contributed by atoms with Gasteiger partial charge in [0.2, 0.25) is 5.95 Å². The average molecular weight is 473 g/mol. The second kappa shape index (κ2) is 7.56. The molecule has 34 heavy (non-hydrogen) atoms. The lowest BCUT2D eigenvalue weighted by molar-refractivity contribution is 0.521. The lowest BCUT2D eigenvalue weighted by Crippen LogP contribution is -2.24. The Morgan fingerprint density at radius 2 is 2.00 bits per heavy atom. The SMILES string of the molecule is Cc1ocnc1Cn1nc2c(-c3cc(Cl)c4[nH]ncc4c3)c(-c3ccccc3)nc(N)n2c1=O. The van der Waals surface area contributed by atoms with Crippen LogP contribution in [0.5, 0.6) is 0 Å². The van der Waals surface area contributed by atoms with E-state index in [0.29, 0.717) is 33.4 Å². The first kappa shape index (κ1) is 20.2. The maximum absolute atomic E-state index is 13.3. The second-order valence-electron chi connectivity index (χ2n) is 7.81. The standard InChI is InChI=1S/C23H17ClN8O2/c1-12-17(26-11-34-12)10-31-23(33)32-21(30-31)18(14-7-15-9-27-29-19(15)16(24)8-14)20(28-22(32)25)13-5-3-2-4-6-13/h2-9,11H,10H2,1H3,(H2,25,28)(H,27,29). The predicted octanol–water partition coefficient (Wildman–Crippen LogP) is 3.68. The van der Waals surface area contributed by atoms with Crippen molar-refractivity contribution in [2.45, 2.75) is 13.5 Å². The fourth-order valence-corrected chi connectivity index (χ4v) is 4.33. The van der Waals surface area contributed by atoms with Crippen LogP contribution >= 0.6 is 11.6 Å². The monoisotopic (exact) mass is 472 g/mol. The van der Waals surface area contributed by atoms with Gasteiger partial charge in [-0.15, -0.1) is 5.10 Å². The van der Waals surface area contributed by atoms with E-state index in [2.05, 4.69) is 25.3 Å². The number of benzene rings is 2.